The number of nitrogens with zero attached hydrogens (tertiary/aromatic N) is 5. The first kappa shape index (κ1) is 34.5. The lowest BCUT2D eigenvalue weighted by molar-refractivity contribution is -0.131. The van der Waals surface area contributed by atoms with E-state index in [0.29, 0.717) is 85.4 Å². The number of benzene rings is 1. The van der Waals surface area contributed by atoms with Crippen LogP contribution in [0.25, 0.3) is 11.6 Å². The number of likely N-dealkylation sites (N-methyl/N-ethyl adjacent to an activating group) is 1. The Bertz CT molecular complexity index is 1530. The largest absolute Gasteiger partial charge is 0.495 e. The zero-order chi connectivity index (χ0) is 33.7. The van der Waals surface area contributed by atoms with Crippen LogP contribution in [0.4, 0.5) is 11.8 Å². The maximum absolute atomic E-state index is 12.7. The van der Waals surface area contributed by atoms with Crippen LogP contribution in [-0.4, -0.2) is 118 Å². The molecule has 2 saturated heterocycles. The van der Waals surface area contributed by atoms with Crippen LogP contribution in [-0.2, 0) is 14.3 Å². The summed E-state index contributed by atoms with van der Waals surface area (Å²) in [5, 5.41) is 7.10. The number of anilines is 2. The van der Waals surface area contributed by atoms with Crippen molar-refractivity contribution in [2.45, 2.75) is 18.5 Å². The lowest BCUT2D eigenvalue weighted by Crippen LogP contribution is -2.54. The summed E-state index contributed by atoms with van der Waals surface area (Å²) in [6, 6.07) is 1.26. The van der Waals surface area contributed by atoms with Gasteiger partial charge in [0.2, 0.25) is 17.8 Å². The molecule has 12 nitrogen and oxygen atoms in total. The molecule has 0 aliphatic carbocycles. The highest BCUT2D eigenvalue weighted by atomic mass is 35.5. The van der Waals surface area contributed by atoms with E-state index in [1.54, 1.807) is 32.6 Å². The van der Waals surface area contributed by atoms with Crippen LogP contribution in [0.3, 0.4) is 0 Å². The second-order valence-electron chi connectivity index (χ2n) is 12.0. The number of aromatic nitrogens is 2. The molecule has 4 heterocycles. The highest BCUT2D eigenvalue weighted by Crippen LogP contribution is 2.46. The number of likely N-dealkylation sites (tertiary alicyclic amines) is 1. The van der Waals surface area contributed by atoms with Gasteiger partial charge in [0.1, 0.15) is 17.3 Å². The number of carbonyl (C=O) groups excluding carboxylic acids is 2. The minimum atomic E-state index is -0.244. The normalized spacial score (nSPS) is 19.6. The molecule has 0 unspecified atom stereocenters. The third-order valence-electron chi connectivity index (χ3n) is 8.34. The summed E-state index contributed by atoms with van der Waals surface area (Å²) < 4.78 is 16.8. The van der Waals surface area contributed by atoms with Crippen LogP contribution >= 0.6 is 23.2 Å². The topological polar surface area (TPSA) is 121 Å². The summed E-state index contributed by atoms with van der Waals surface area (Å²) in [6.45, 7) is 7.53. The predicted octanol–water partition coefficient (Wildman–Crippen LogP) is 3.61. The molecular weight excluding hydrogens is 645 g/mol. The predicted molar refractivity (Wildman–Crippen MR) is 184 cm³/mol. The van der Waals surface area contributed by atoms with Crippen molar-refractivity contribution in [3.8, 4) is 11.5 Å². The average molecular weight is 687 g/mol. The minimum absolute atomic E-state index is 0.00591. The van der Waals surface area contributed by atoms with Gasteiger partial charge >= 0.3 is 0 Å². The monoisotopic (exact) mass is 685 g/mol. The Morgan fingerprint density at radius 3 is 2.55 bits per heavy atom. The van der Waals surface area contributed by atoms with E-state index >= 15 is 0 Å². The fourth-order valence-corrected chi connectivity index (χ4v) is 6.64. The van der Waals surface area contributed by atoms with Gasteiger partial charge in [0.25, 0.3) is 0 Å². The Morgan fingerprint density at radius 2 is 1.89 bits per heavy atom. The number of nitrogens with one attached hydrogen (secondary N) is 2. The highest BCUT2D eigenvalue weighted by Gasteiger charge is 2.34. The quantitative estimate of drug-likeness (QED) is 0.321. The zero-order valence-electron chi connectivity index (χ0n) is 27.1. The van der Waals surface area contributed by atoms with Gasteiger partial charge in [-0.3, -0.25) is 9.59 Å². The van der Waals surface area contributed by atoms with Crippen LogP contribution in [0.5, 0.6) is 11.5 Å². The average Bonchev–Trinajstić information content (AvgIpc) is 3.03. The molecule has 0 radical (unpaired) electrons. The van der Waals surface area contributed by atoms with Gasteiger partial charge in [-0.1, -0.05) is 35.9 Å². The Morgan fingerprint density at radius 1 is 1.17 bits per heavy atom. The van der Waals surface area contributed by atoms with Gasteiger partial charge in [0, 0.05) is 74.7 Å². The molecule has 1 aromatic carbocycles. The van der Waals surface area contributed by atoms with Gasteiger partial charge in [-0.15, -0.1) is 0 Å². The second kappa shape index (κ2) is 15.4. The summed E-state index contributed by atoms with van der Waals surface area (Å²) in [5.41, 5.74) is 2.24. The van der Waals surface area contributed by atoms with Gasteiger partial charge in [-0.2, -0.15) is 4.98 Å². The van der Waals surface area contributed by atoms with Crippen LogP contribution < -0.4 is 25.0 Å². The number of hydrogen-bond acceptors (Lipinski definition) is 10. The molecule has 0 spiro atoms. The Hall–Kier alpha value is -3.84. The van der Waals surface area contributed by atoms with Crippen LogP contribution in [0, 0.1) is 5.92 Å². The summed E-state index contributed by atoms with van der Waals surface area (Å²) in [6.07, 6.45) is 9.15. The molecule has 0 saturated carbocycles. The van der Waals surface area contributed by atoms with Gasteiger partial charge in [0.05, 0.1) is 43.0 Å². The van der Waals surface area contributed by atoms with E-state index in [1.165, 1.54) is 6.08 Å². The smallest absolute Gasteiger partial charge is 0.246 e. The van der Waals surface area contributed by atoms with Crippen LogP contribution in [0.2, 0.25) is 10.0 Å². The number of carbonyl (C=O) groups is 2. The fraction of sp³-hybridized carbons (Fsp3) is 0.455. The summed E-state index contributed by atoms with van der Waals surface area (Å²) in [4.78, 5) is 40.3. The first-order valence-electron chi connectivity index (χ1n) is 15.4. The molecule has 3 aliphatic heterocycles. The lowest BCUT2D eigenvalue weighted by atomic mass is 9.95. The molecular formula is C33H41Cl2N7O5. The zero-order valence-corrected chi connectivity index (χ0v) is 28.6. The maximum Gasteiger partial charge on any atom is 0.246 e. The number of fused-ring (bicyclic) bond motifs is 1. The number of ether oxygens (including phenoxy) is 3. The van der Waals surface area contributed by atoms with E-state index in [0.717, 1.165) is 17.0 Å². The molecule has 2 N–H and O–H groups in total. The first-order valence-corrected chi connectivity index (χ1v) is 16.2. The van der Waals surface area contributed by atoms with E-state index in [1.807, 2.05) is 36.0 Å². The molecule has 3 aliphatic rings. The summed E-state index contributed by atoms with van der Waals surface area (Å²) in [5.74, 6) is 2.01. The van der Waals surface area contributed by atoms with Crippen molar-refractivity contribution in [3.05, 3.63) is 58.2 Å². The van der Waals surface area contributed by atoms with E-state index in [2.05, 4.69) is 27.1 Å². The van der Waals surface area contributed by atoms with E-state index in [9.17, 15) is 9.59 Å². The molecule has 5 rings (SSSR count). The third-order valence-corrected chi connectivity index (χ3v) is 9.09. The van der Waals surface area contributed by atoms with E-state index < -0.39 is 0 Å². The molecule has 2 aromatic rings. The Balaban J connectivity index is 1.43. The Labute approximate surface area is 285 Å². The second-order valence-corrected chi connectivity index (χ2v) is 12.8. The van der Waals surface area contributed by atoms with Crippen LogP contribution in [0.1, 0.15) is 17.5 Å². The van der Waals surface area contributed by atoms with Crippen molar-refractivity contribution >= 4 is 58.4 Å². The van der Waals surface area contributed by atoms with Crippen molar-refractivity contribution in [1.82, 2.24) is 25.1 Å². The Kier molecular flexibility index (Phi) is 11.3. The molecule has 252 valence electrons. The lowest BCUT2D eigenvalue weighted by Gasteiger charge is -2.42. The molecule has 47 heavy (non-hydrogen) atoms. The number of hydrogen-bond donors (Lipinski definition) is 2. The molecule has 14 heteroatoms. The number of halogens is 2. The SMILES string of the molecule is C=CC(=O)N[C@H]1CCOC[C@H]1Nc1ncc2c(n1)N(CC1CN(C(=O)/C=C/CN(C)C)C1)CC(c1c(Cl)c(OC)cc(OC)c1Cl)=C2. The van der Waals surface area contributed by atoms with Gasteiger partial charge in [-0.05, 0) is 38.2 Å². The van der Waals surface area contributed by atoms with E-state index in [4.69, 9.17) is 42.4 Å². The van der Waals surface area contributed by atoms with Crippen molar-refractivity contribution in [2.24, 2.45) is 5.92 Å². The third kappa shape index (κ3) is 8.01. The molecule has 2 amide bonds. The van der Waals surface area contributed by atoms with Crippen molar-refractivity contribution in [2.75, 3.05) is 84.5 Å². The number of rotatable bonds is 12. The maximum atomic E-state index is 12.7. The summed E-state index contributed by atoms with van der Waals surface area (Å²) in [7, 11) is 7.01. The van der Waals surface area contributed by atoms with E-state index in [-0.39, 0.29) is 29.8 Å². The van der Waals surface area contributed by atoms with Crippen molar-refractivity contribution in [3.63, 3.8) is 0 Å². The van der Waals surface area contributed by atoms with Gasteiger partial charge in [-0.25, -0.2) is 4.98 Å². The molecule has 2 fully saturated rings. The fourth-order valence-electron chi connectivity index (χ4n) is 5.90. The minimum Gasteiger partial charge on any atom is -0.495 e. The van der Waals surface area contributed by atoms with Crippen molar-refractivity contribution < 1.29 is 23.8 Å². The van der Waals surface area contributed by atoms with Crippen LogP contribution in [0.15, 0.2) is 37.1 Å². The molecule has 2 atom stereocenters. The number of amides is 2. The number of methoxy groups -OCH3 is 2. The molecule has 0 bridgehead atoms. The highest BCUT2D eigenvalue weighted by molar-refractivity contribution is 6.39. The molecule has 1 aromatic heterocycles. The summed E-state index contributed by atoms with van der Waals surface area (Å²) >= 11 is 13.7. The standard InChI is InChI=1S/C33H41Cl2N7O5/c1-6-27(43)37-23-9-11-47-19-24(23)38-33-36-14-21-12-22(29-30(34)25(45-4)13-26(46-5)31(29)35)18-42(32(21)39-33)17-20-15-41(16-20)28(44)8-7-10-40(2)3/h6-8,12-14,20,23-24H,1,9-11,15-19H2,2-5H3,(H,37,43)(H,36,38,39)/b8-7+/t23-,24+/m0/s1. The van der Waals surface area contributed by atoms with Crippen molar-refractivity contribution in [1.29, 1.82) is 0 Å². The van der Waals surface area contributed by atoms with Gasteiger partial charge < -0.3 is 39.5 Å². The van der Waals surface area contributed by atoms with Gasteiger partial charge in [0.15, 0.2) is 0 Å². The first-order chi connectivity index (χ1) is 22.6.